The second-order valence-corrected chi connectivity index (χ2v) is 4.70. The number of nitrogens with one attached hydrogen (secondary N) is 2. The molecule has 1 aromatic heterocycles. The van der Waals surface area contributed by atoms with Crippen LogP contribution in [0.15, 0.2) is 22.8 Å². The third-order valence-electron chi connectivity index (χ3n) is 2.47. The first-order valence-corrected chi connectivity index (χ1v) is 6.23. The Morgan fingerprint density at radius 2 is 1.95 bits per heavy atom. The van der Waals surface area contributed by atoms with E-state index in [1.165, 1.54) is 13.1 Å². The van der Waals surface area contributed by atoms with Crippen LogP contribution < -0.4 is 10.6 Å². The van der Waals surface area contributed by atoms with Crippen molar-refractivity contribution in [3.63, 3.8) is 0 Å². The summed E-state index contributed by atoms with van der Waals surface area (Å²) in [6.07, 6.45) is 1.52. The van der Waals surface area contributed by atoms with Crippen LogP contribution in [0.4, 0.5) is 26.2 Å². The third-order valence-corrected chi connectivity index (χ3v) is 3.05. The van der Waals surface area contributed by atoms with E-state index in [4.69, 9.17) is 0 Å². The smallest absolute Gasteiger partial charge is 0.224 e. The highest BCUT2D eigenvalue weighted by Crippen LogP contribution is 2.27. The zero-order valence-corrected chi connectivity index (χ0v) is 11.8. The minimum absolute atomic E-state index is 0.0181. The number of hydrogen-bond donors (Lipinski definition) is 2. The topological polar surface area (TPSA) is 49.8 Å². The van der Waals surface area contributed by atoms with Gasteiger partial charge in [0.15, 0.2) is 0 Å². The van der Waals surface area contributed by atoms with Crippen LogP contribution in [-0.4, -0.2) is 17.0 Å². The Labute approximate surface area is 117 Å². The number of anilines is 3. The summed E-state index contributed by atoms with van der Waals surface area (Å²) >= 11 is 3.24. The van der Waals surface area contributed by atoms with Gasteiger partial charge in [-0.1, -0.05) is 0 Å². The Balaban J connectivity index is 2.38. The van der Waals surface area contributed by atoms with E-state index in [0.717, 1.165) is 12.1 Å². The number of rotatable bonds is 3. The van der Waals surface area contributed by atoms with Crippen LogP contribution in [0.2, 0.25) is 0 Å². The molecule has 0 aliphatic rings. The first kappa shape index (κ1) is 13.7. The Hall–Kier alpha value is -1.76. The molecule has 2 N–H and O–H groups in total. The van der Waals surface area contributed by atoms with E-state index in [1.807, 2.05) is 0 Å². The zero-order valence-electron chi connectivity index (χ0n) is 10.3. The lowest BCUT2D eigenvalue weighted by atomic mass is 10.2. The van der Waals surface area contributed by atoms with Crippen LogP contribution in [-0.2, 0) is 0 Å². The lowest BCUT2D eigenvalue weighted by Crippen LogP contribution is -2.03. The maximum absolute atomic E-state index is 13.7. The molecule has 0 bridgehead atoms. The molecule has 1 heterocycles. The average molecular weight is 329 g/mol. The van der Waals surface area contributed by atoms with Crippen LogP contribution in [0.3, 0.4) is 0 Å². The second-order valence-electron chi connectivity index (χ2n) is 3.85. The summed E-state index contributed by atoms with van der Waals surface area (Å²) in [5.41, 5.74) is 0.269. The summed E-state index contributed by atoms with van der Waals surface area (Å²) in [5, 5.41) is 5.49. The summed E-state index contributed by atoms with van der Waals surface area (Å²) in [7, 11) is 1.67. The number of hydrogen-bond acceptors (Lipinski definition) is 4. The standard InChI is InChI=1S/C12H11BrF2N4/c1-6-3-9(15)10(4-8(6)14)18-11-7(13)5-17-12(16-2)19-11/h3-5H,1-2H3,(H2,16,17,18,19). The van der Waals surface area contributed by atoms with E-state index in [0.29, 0.717) is 16.2 Å². The fraction of sp³-hybridized carbons (Fsp3) is 0.167. The molecule has 0 saturated carbocycles. The molecule has 0 spiro atoms. The summed E-state index contributed by atoms with van der Waals surface area (Å²) in [6.45, 7) is 1.50. The number of aromatic nitrogens is 2. The highest BCUT2D eigenvalue weighted by molar-refractivity contribution is 9.10. The molecule has 19 heavy (non-hydrogen) atoms. The first-order valence-electron chi connectivity index (χ1n) is 5.44. The zero-order chi connectivity index (χ0) is 14.0. The van der Waals surface area contributed by atoms with Crippen molar-refractivity contribution >= 4 is 33.4 Å². The van der Waals surface area contributed by atoms with Gasteiger partial charge in [0.2, 0.25) is 5.95 Å². The number of nitrogens with zero attached hydrogens (tertiary/aromatic N) is 2. The van der Waals surface area contributed by atoms with Gasteiger partial charge >= 0.3 is 0 Å². The molecular formula is C12H11BrF2N4. The number of aryl methyl sites for hydroxylation is 1. The molecular weight excluding hydrogens is 318 g/mol. The molecule has 2 aromatic rings. The highest BCUT2D eigenvalue weighted by Gasteiger charge is 2.10. The van der Waals surface area contributed by atoms with Gasteiger partial charge in [0, 0.05) is 19.3 Å². The van der Waals surface area contributed by atoms with Gasteiger partial charge in [-0.05, 0) is 34.5 Å². The summed E-state index contributed by atoms with van der Waals surface area (Å²) in [6, 6.07) is 2.23. The molecule has 100 valence electrons. The van der Waals surface area contributed by atoms with Crippen LogP contribution >= 0.6 is 15.9 Å². The van der Waals surface area contributed by atoms with Gasteiger partial charge in [-0.2, -0.15) is 4.98 Å². The third kappa shape index (κ3) is 2.98. The number of halogens is 3. The highest BCUT2D eigenvalue weighted by atomic mass is 79.9. The molecule has 7 heteroatoms. The SMILES string of the molecule is CNc1ncc(Br)c(Nc2cc(F)c(C)cc2F)n1. The van der Waals surface area contributed by atoms with Crippen molar-refractivity contribution < 1.29 is 8.78 Å². The van der Waals surface area contributed by atoms with E-state index >= 15 is 0 Å². The Morgan fingerprint density at radius 3 is 2.63 bits per heavy atom. The number of benzene rings is 1. The monoisotopic (exact) mass is 328 g/mol. The van der Waals surface area contributed by atoms with E-state index in [1.54, 1.807) is 7.05 Å². The van der Waals surface area contributed by atoms with Crippen molar-refractivity contribution in [1.82, 2.24) is 9.97 Å². The summed E-state index contributed by atoms with van der Waals surface area (Å²) in [5.74, 6) is -0.307. The first-order chi connectivity index (χ1) is 9.01. The Bertz CT molecular complexity index is 619. The Morgan fingerprint density at radius 1 is 1.21 bits per heavy atom. The van der Waals surface area contributed by atoms with Crippen LogP contribution in [0.5, 0.6) is 0 Å². The molecule has 0 unspecified atom stereocenters. The largest absolute Gasteiger partial charge is 0.357 e. The van der Waals surface area contributed by atoms with E-state index in [-0.39, 0.29) is 11.3 Å². The lowest BCUT2D eigenvalue weighted by molar-refractivity contribution is 0.595. The van der Waals surface area contributed by atoms with Crippen molar-refractivity contribution in [3.05, 3.63) is 40.0 Å². The molecule has 0 fully saturated rings. The van der Waals surface area contributed by atoms with Crippen molar-refractivity contribution in [2.75, 3.05) is 17.7 Å². The maximum Gasteiger partial charge on any atom is 0.224 e. The predicted molar refractivity (Wildman–Crippen MR) is 73.7 cm³/mol. The van der Waals surface area contributed by atoms with E-state index in [9.17, 15) is 8.78 Å². The van der Waals surface area contributed by atoms with Gasteiger partial charge in [-0.25, -0.2) is 13.8 Å². The molecule has 0 saturated heterocycles. The van der Waals surface area contributed by atoms with Crippen LogP contribution in [0.1, 0.15) is 5.56 Å². The fourth-order valence-corrected chi connectivity index (χ4v) is 1.74. The summed E-state index contributed by atoms with van der Waals surface area (Å²) < 4.78 is 27.7. The quantitative estimate of drug-likeness (QED) is 0.903. The van der Waals surface area contributed by atoms with Gasteiger partial charge in [0.05, 0.1) is 10.2 Å². The minimum Gasteiger partial charge on any atom is -0.357 e. The van der Waals surface area contributed by atoms with E-state index < -0.39 is 11.6 Å². The van der Waals surface area contributed by atoms with Gasteiger partial charge < -0.3 is 10.6 Å². The van der Waals surface area contributed by atoms with Gasteiger partial charge in [-0.3, -0.25) is 0 Å². The Kier molecular flexibility index (Phi) is 3.94. The molecule has 0 aliphatic heterocycles. The average Bonchev–Trinajstić information content (AvgIpc) is 2.38. The molecule has 0 radical (unpaired) electrons. The van der Waals surface area contributed by atoms with Crippen molar-refractivity contribution in [3.8, 4) is 0 Å². The van der Waals surface area contributed by atoms with Crippen molar-refractivity contribution in [2.24, 2.45) is 0 Å². The second kappa shape index (κ2) is 5.48. The van der Waals surface area contributed by atoms with Gasteiger partial charge in [-0.15, -0.1) is 0 Å². The molecule has 4 nitrogen and oxygen atoms in total. The van der Waals surface area contributed by atoms with Crippen molar-refractivity contribution in [1.29, 1.82) is 0 Å². The molecule has 1 aromatic carbocycles. The summed E-state index contributed by atoms with van der Waals surface area (Å²) in [4.78, 5) is 8.09. The van der Waals surface area contributed by atoms with Gasteiger partial charge in [0.1, 0.15) is 17.5 Å². The lowest BCUT2D eigenvalue weighted by Gasteiger charge is -2.10. The van der Waals surface area contributed by atoms with Crippen LogP contribution in [0, 0.1) is 18.6 Å². The van der Waals surface area contributed by atoms with Crippen molar-refractivity contribution in [2.45, 2.75) is 6.92 Å². The van der Waals surface area contributed by atoms with E-state index in [2.05, 4.69) is 36.5 Å². The maximum atomic E-state index is 13.7. The molecule has 0 atom stereocenters. The van der Waals surface area contributed by atoms with Gasteiger partial charge in [0.25, 0.3) is 0 Å². The van der Waals surface area contributed by atoms with Crippen LogP contribution in [0.25, 0.3) is 0 Å². The normalized spacial score (nSPS) is 10.4. The molecule has 0 aliphatic carbocycles. The molecule has 2 rings (SSSR count). The predicted octanol–water partition coefficient (Wildman–Crippen LogP) is 3.61. The molecule has 0 amide bonds. The fourth-order valence-electron chi connectivity index (χ4n) is 1.44. The minimum atomic E-state index is -0.546.